The fraction of sp³-hybridized carbons (Fsp3) is 0.789. The average Bonchev–Trinajstić information content (AvgIpc) is 3.21. The van der Waals surface area contributed by atoms with Gasteiger partial charge in [-0.1, -0.05) is 0 Å². The fourth-order valence-corrected chi connectivity index (χ4v) is 4.63. The van der Waals surface area contributed by atoms with E-state index in [0.29, 0.717) is 32.3 Å². The summed E-state index contributed by atoms with van der Waals surface area (Å²) in [7, 11) is 4.97. The number of carbonyl (C=O) groups excluding carboxylic acids is 1. The molecule has 7 nitrogen and oxygen atoms in total. The summed E-state index contributed by atoms with van der Waals surface area (Å²) < 4.78 is 38.3. The second-order valence-corrected chi connectivity index (χ2v) is 7.97. The number of ether oxygens (including phenoxy) is 2. The standard InChI is InChI=1S/C19H30F2N4O3/c1-23-11-15(16(22-23)17(20)21)18(26)24-6-4-19(5-7-24)10-14(12-28-3)25(13-19)8-9-27-2/h11,14,17H,4-10,12-13H2,1-3H3. The van der Waals surface area contributed by atoms with Gasteiger partial charge < -0.3 is 14.4 Å². The van der Waals surface area contributed by atoms with Crippen LogP contribution in [0.5, 0.6) is 0 Å². The molecule has 2 saturated heterocycles. The van der Waals surface area contributed by atoms with Crippen LogP contribution in [0.25, 0.3) is 0 Å². The summed E-state index contributed by atoms with van der Waals surface area (Å²) in [5.74, 6) is -0.346. The van der Waals surface area contributed by atoms with E-state index < -0.39 is 12.1 Å². The molecule has 0 radical (unpaired) electrons. The van der Waals surface area contributed by atoms with Gasteiger partial charge in [0.05, 0.1) is 18.8 Å². The summed E-state index contributed by atoms with van der Waals surface area (Å²) in [6, 6.07) is 0.353. The zero-order valence-corrected chi connectivity index (χ0v) is 16.9. The maximum absolute atomic E-state index is 13.2. The average molecular weight is 400 g/mol. The summed E-state index contributed by atoms with van der Waals surface area (Å²) in [6.45, 7) is 4.34. The van der Waals surface area contributed by atoms with E-state index in [4.69, 9.17) is 9.47 Å². The lowest BCUT2D eigenvalue weighted by molar-refractivity contribution is 0.0572. The van der Waals surface area contributed by atoms with Crippen LogP contribution >= 0.6 is 0 Å². The third-order valence-corrected chi connectivity index (χ3v) is 6.07. The van der Waals surface area contributed by atoms with Crippen LogP contribution < -0.4 is 0 Å². The fourth-order valence-electron chi connectivity index (χ4n) is 4.63. The number of hydrogen-bond donors (Lipinski definition) is 0. The van der Waals surface area contributed by atoms with Crippen LogP contribution in [0.3, 0.4) is 0 Å². The maximum atomic E-state index is 13.2. The van der Waals surface area contributed by atoms with Gasteiger partial charge in [-0.3, -0.25) is 14.4 Å². The number of hydrogen-bond acceptors (Lipinski definition) is 5. The molecule has 28 heavy (non-hydrogen) atoms. The van der Waals surface area contributed by atoms with Crippen molar-refractivity contribution in [2.75, 3.05) is 53.6 Å². The molecule has 0 bridgehead atoms. The lowest BCUT2D eigenvalue weighted by atomic mass is 9.76. The molecule has 1 aromatic rings. The van der Waals surface area contributed by atoms with Crippen molar-refractivity contribution in [1.82, 2.24) is 19.6 Å². The molecule has 3 rings (SSSR count). The molecule has 1 spiro atoms. The summed E-state index contributed by atoms with van der Waals surface area (Å²) in [5.41, 5.74) is -0.271. The highest BCUT2D eigenvalue weighted by atomic mass is 19.3. The van der Waals surface area contributed by atoms with Crippen LogP contribution in [0.15, 0.2) is 6.20 Å². The number of rotatable bonds is 7. The van der Waals surface area contributed by atoms with Crippen LogP contribution in [-0.4, -0.2) is 85.1 Å². The normalized spacial score (nSPS) is 22.5. The van der Waals surface area contributed by atoms with Gasteiger partial charge in [0, 0.05) is 59.7 Å². The van der Waals surface area contributed by atoms with Gasteiger partial charge in [0.2, 0.25) is 0 Å². The molecule has 1 amide bonds. The Balaban J connectivity index is 1.64. The first kappa shape index (κ1) is 21.1. The van der Waals surface area contributed by atoms with E-state index in [1.165, 1.54) is 10.9 Å². The minimum absolute atomic E-state index is 0.0128. The van der Waals surface area contributed by atoms with Crippen molar-refractivity contribution >= 4 is 5.91 Å². The van der Waals surface area contributed by atoms with E-state index in [1.807, 2.05) is 0 Å². The number of methoxy groups -OCH3 is 2. The van der Waals surface area contributed by atoms with Crippen molar-refractivity contribution in [1.29, 1.82) is 0 Å². The molecule has 9 heteroatoms. The minimum Gasteiger partial charge on any atom is -0.383 e. The van der Waals surface area contributed by atoms with Gasteiger partial charge in [0.15, 0.2) is 0 Å². The molecule has 0 aromatic carbocycles. The van der Waals surface area contributed by atoms with Gasteiger partial charge in [-0.15, -0.1) is 0 Å². The van der Waals surface area contributed by atoms with Crippen molar-refractivity contribution in [3.63, 3.8) is 0 Å². The molecule has 0 aliphatic carbocycles. The van der Waals surface area contributed by atoms with Crippen molar-refractivity contribution in [2.45, 2.75) is 31.7 Å². The molecular formula is C19H30F2N4O3. The molecule has 158 valence electrons. The van der Waals surface area contributed by atoms with E-state index in [0.717, 1.165) is 32.4 Å². The molecule has 1 aromatic heterocycles. The molecule has 0 N–H and O–H groups in total. The quantitative estimate of drug-likeness (QED) is 0.700. The van der Waals surface area contributed by atoms with Gasteiger partial charge >= 0.3 is 0 Å². The second kappa shape index (κ2) is 8.84. The number of aromatic nitrogens is 2. The number of nitrogens with zero attached hydrogens (tertiary/aromatic N) is 4. The summed E-state index contributed by atoms with van der Waals surface area (Å²) in [4.78, 5) is 16.9. The number of piperidine rings is 1. The number of likely N-dealkylation sites (tertiary alicyclic amines) is 2. The van der Waals surface area contributed by atoms with E-state index in [-0.39, 0.29) is 16.9 Å². The third kappa shape index (κ3) is 4.36. The van der Waals surface area contributed by atoms with Gasteiger partial charge in [0.25, 0.3) is 12.3 Å². The minimum atomic E-state index is -2.75. The Morgan fingerprint density at radius 3 is 2.64 bits per heavy atom. The maximum Gasteiger partial charge on any atom is 0.282 e. The number of halogens is 2. The Bertz CT molecular complexity index is 674. The highest BCUT2D eigenvalue weighted by Gasteiger charge is 2.46. The summed E-state index contributed by atoms with van der Waals surface area (Å²) >= 11 is 0. The lowest BCUT2D eigenvalue weighted by Crippen LogP contribution is -2.44. The van der Waals surface area contributed by atoms with Crippen molar-refractivity contribution in [2.24, 2.45) is 12.5 Å². The zero-order chi connectivity index (χ0) is 20.3. The highest BCUT2D eigenvalue weighted by Crippen LogP contribution is 2.43. The Kier molecular flexibility index (Phi) is 6.67. The van der Waals surface area contributed by atoms with E-state index >= 15 is 0 Å². The Hall–Kier alpha value is -1.58. The van der Waals surface area contributed by atoms with Crippen LogP contribution in [0.4, 0.5) is 8.78 Å². The van der Waals surface area contributed by atoms with Crippen molar-refractivity contribution < 1.29 is 23.0 Å². The Morgan fingerprint density at radius 1 is 1.32 bits per heavy atom. The van der Waals surface area contributed by atoms with E-state index in [1.54, 1.807) is 26.2 Å². The first-order valence-electron chi connectivity index (χ1n) is 9.72. The molecule has 2 fully saturated rings. The number of carbonyl (C=O) groups is 1. The molecule has 1 unspecified atom stereocenters. The Morgan fingerprint density at radius 2 is 2.04 bits per heavy atom. The van der Waals surface area contributed by atoms with Crippen LogP contribution in [0.2, 0.25) is 0 Å². The zero-order valence-electron chi connectivity index (χ0n) is 16.9. The first-order chi connectivity index (χ1) is 13.4. The van der Waals surface area contributed by atoms with Gasteiger partial charge in [-0.2, -0.15) is 5.10 Å². The molecule has 2 aliphatic rings. The van der Waals surface area contributed by atoms with Crippen LogP contribution in [-0.2, 0) is 16.5 Å². The van der Waals surface area contributed by atoms with Crippen molar-refractivity contribution in [3.8, 4) is 0 Å². The lowest BCUT2D eigenvalue weighted by Gasteiger charge is -2.39. The smallest absolute Gasteiger partial charge is 0.282 e. The van der Waals surface area contributed by atoms with Crippen molar-refractivity contribution in [3.05, 3.63) is 17.5 Å². The topological polar surface area (TPSA) is 59.8 Å². The van der Waals surface area contributed by atoms with E-state index in [2.05, 4.69) is 10.00 Å². The monoisotopic (exact) mass is 400 g/mol. The third-order valence-electron chi connectivity index (χ3n) is 6.07. The van der Waals surface area contributed by atoms with Crippen LogP contribution in [0.1, 0.15) is 41.7 Å². The predicted octanol–water partition coefficient (Wildman–Crippen LogP) is 1.95. The molecule has 0 saturated carbocycles. The highest BCUT2D eigenvalue weighted by molar-refractivity contribution is 5.95. The van der Waals surface area contributed by atoms with Gasteiger partial charge in [-0.05, 0) is 24.7 Å². The first-order valence-corrected chi connectivity index (χ1v) is 9.72. The number of amides is 1. The Labute approximate surface area is 164 Å². The predicted molar refractivity (Wildman–Crippen MR) is 99.5 cm³/mol. The van der Waals surface area contributed by atoms with E-state index in [9.17, 15) is 13.6 Å². The second-order valence-electron chi connectivity index (χ2n) is 7.97. The molecule has 1 atom stereocenters. The molecule has 3 heterocycles. The molecular weight excluding hydrogens is 370 g/mol. The van der Waals surface area contributed by atoms with Gasteiger partial charge in [-0.25, -0.2) is 8.78 Å². The number of alkyl halides is 2. The van der Waals surface area contributed by atoms with Crippen LogP contribution in [0, 0.1) is 5.41 Å². The number of aryl methyl sites for hydroxylation is 1. The van der Waals surface area contributed by atoms with Gasteiger partial charge in [0.1, 0.15) is 5.69 Å². The molecule has 2 aliphatic heterocycles. The largest absolute Gasteiger partial charge is 0.383 e. The summed E-state index contributed by atoms with van der Waals surface area (Å²) in [6.07, 6.45) is 1.40. The summed E-state index contributed by atoms with van der Waals surface area (Å²) in [5, 5.41) is 3.75. The SMILES string of the molecule is COCCN1CC2(CCN(C(=O)c3cn(C)nc3C(F)F)CC2)CC1COC.